The summed E-state index contributed by atoms with van der Waals surface area (Å²) in [5.74, 6) is -8.51. The van der Waals surface area contributed by atoms with Gasteiger partial charge in [0.15, 0.2) is 0 Å². The van der Waals surface area contributed by atoms with Crippen molar-refractivity contribution in [3.63, 3.8) is 0 Å². The summed E-state index contributed by atoms with van der Waals surface area (Å²) in [6.07, 6.45) is 0. The van der Waals surface area contributed by atoms with E-state index in [4.69, 9.17) is 0 Å². The Kier molecular flexibility index (Phi) is 3.59. The van der Waals surface area contributed by atoms with E-state index in [1.54, 1.807) is 13.8 Å². The van der Waals surface area contributed by atoms with Gasteiger partial charge in [0.05, 0.1) is 0 Å². The molecule has 2 aromatic rings. The SMILES string of the molecule is Cc1ccc(C(F)(F)C(F)(F)c2ccc(C)cc2)cc1. The summed E-state index contributed by atoms with van der Waals surface area (Å²) in [5.41, 5.74) is 0.105. The maximum Gasteiger partial charge on any atom is 0.339 e. The van der Waals surface area contributed by atoms with Crippen molar-refractivity contribution in [3.05, 3.63) is 70.8 Å². The smallest absolute Gasteiger partial charge is 0.194 e. The van der Waals surface area contributed by atoms with Crippen molar-refractivity contribution in [1.82, 2.24) is 0 Å². The molecule has 0 spiro atoms. The minimum Gasteiger partial charge on any atom is -0.194 e. The van der Waals surface area contributed by atoms with Crippen molar-refractivity contribution in [2.75, 3.05) is 0 Å². The molecular weight excluding hydrogens is 268 g/mol. The topological polar surface area (TPSA) is 0 Å². The van der Waals surface area contributed by atoms with Crippen LogP contribution in [-0.2, 0) is 11.8 Å². The molecule has 2 aromatic carbocycles. The number of benzene rings is 2. The Bertz CT molecular complexity index is 527. The number of hydrogen-bond acceptors (Lipinski definition) is 0. The summed E-state index contributed by atoms with van der Waals surface area (Å²) >= 11 is 0. The van der Waals surface area contributed by atoms with E-state index >= 15 is 0 Å². The van der Waals surface area contributed by atoms with Crippen molar-refractivity contribution in [1.29, 1.82) is 0 Å². The van der Waals surface area contributed by atoms with E-state index in [9.17, 15) is 17.6 Å². The summed E-state index contributed by atoms with van der Waals surface area (Å²) < 4.78 is 56.4. The Hall–Kier alpha value is -1.84. The number of aryl methyl sites for hydroxylation is 2. The van der Waals surface area contributed by atoms with Gasteiger partial charge in [-0.15, -0.1) is 0 Å². The maximum absolute atomic E-state index is 14.1. The molecule has 0 aliphatic carbocycles. The van der Waals surface area contributed by atoms with Crippen LogP contribution < -0.4 is 0 Å². The molecule has 0 atom stereocenters. The van der Waals surface area contributed by atoms with Crippen LogP contribution >= 0.6 is 0 Å². The second-order valence-corrected chi connectivity index (χ2v) is 4.88. The zero-order valence-corrected chi connectivity index (χ0v) is 11.1. The molecular formula is C16H14F4. The van der Waals surface area contributed by atoms with E-state index in [2.05, 4.69) is 0 Å². The quantitative estimate of drug-likeness (QED) is 0.680. The fraction of sp³-hybridized carbons (Fsp3) is 0.250. The Balaban J connectivity index is 2.45. The fourth-order valence-electron chi connectivity index (χ4n) is 1.89. The van der Waals surface area contributed by atoms with Gasteiger partial charge in [-0.25, -0.2) is 0 Å². The van der Waals surface area contributed by atoms with Gasteiger partial charge in [0.25, 0.3) is 0 Å². The summed E-state index contributed by atoms with van der Waals surface area (Å²) in [5, 5.41) is 0. The van der Waals surface area contributed by atoms with Gasteiger partial charge >= 0.3 is 11.8 Å². The van der Waals surface area contributed by atoms with Crippen molar-refractivity contribution < 1.29 is 17.6 Å². The molecule has 0 saturated carbocycles. The van der Waals surface area contributed by atoms with Crippen molar-refractivity contribution in [3.8, 4) is 0 Å². The summed E-state index contributed by atoms with van der Waals surface area (Å²) in [6.45, 7) is 3.42. The molecule has 106 valence electrons. The summed E-state index contributed by atoms with van der Waals surface area (Å²) in [4.78, 5) is 0. The average molecular weight is 282 g/mol. The Labute approximate surface area is 115 Å². The largest absolute Gasteiger partial charge is 0.339 e. The monoisotopic (exact) mass is 282 g/mol. The molecule has 20 heavy (non-hydrogen) atoms. The normalized spacial score (nSPS) is 12.5. The van der Waals surface area contributed by atoms with Crippen LogP contribution in [0.4, 0.5) is 17.6 Å². The highest BCUT2D eigenvalue weighted by molar-refractivity contribution is 5.32. The molecule has 0 aliphatic heterocycles. The second-order valence-electron chi connectivity index (χ2n) is 4.88. The molecule has 0 nitrogen and oxygen atoms in total. The average Bonchev–Trinajstić information content (AvgIpc) is 2.39. The van der Waals surface area contributed by atoms with E-state index in [0.29, 0.717) is 0 Å². The van der Waals surface area contributed by atoms with Crippen LogP contribution in [0.1, 0.15) is 22.3 Å². The van der Waals surface area contributed by atoms with E-state index in [-0.39, 0.29) is 0 Å². The molecule has 0 aliphatic rings. The lowest BCUT2D eigenvalue weighted by Crippen LogP contribution is -2.35. The minimum atomic E-state index is -4.25. The number of alkyl halides is 4. The molecule has 2 rings (SSSR count). The molecule has 0 saturated heterocycles. The van der Waals surface area contributed by atoms with E-state index < -0.39 is 23.0 Å². The van der Waals surface area contributed by atoms with Crippen LogP contribution in [0.5, 0.6) is 0 Å². The molecule has 0 aromatic heterocycles. The lowest BCUT2D eigenvalue weighted by Gasteiger charge is -2.27. The van der Waals surface area contributed by atoms with Crippen LogP contribution in [0, 0.1) is 13.8 Å². The van der Waals surface area contributed by atoms with E-state index in [0.717, 1.165) is 35.4 Å². The summed E-state index contributed by atoms with van der Waals surface area (Å²) in [7, 11) is 0. The molecule has 0 fully saturated rings. The first-order valence-electron chi connectivity index (χ1n) is 6.15. The van der Waals surface area contributed by atoms with Gasteiger partial charge in [0, 0.05) is 11.1 Å². The van der Waals surface area contributed by atoms with Gasteiger partial charge in [0.2, 0.25) is 0 Å². The Morgan fingerprint density at radius 3 is 1.05 bits per heavy atom. The molecule has 0 bridgehead atoms. The van der Waals surface area contributed by atoms with Crippen molar-refractivity contribution >= 4 is 0 Å². The second kappa shape index (κ2) is 4.93. The molecule has 0 radical (unpaired) electrons. The third-order valence-electron chi connectivity index (χ3n) is 3.22. The number of hydrogen-bond donors (Lipinski definition) is 0. The Morgan fingerprint density at radius 2 is 0.800 bits per heavy atom. The summed E-state index contributed by atoms with van der Waals surface area (Å²) in [6, 6.07) is 9.75. The van der Waals surface area contributed by atoms with Gasteiger partial charge in [-0.05, 0) is 13.8 Å². The van der Waals surface area contributed by atoms with Gasteiger partial charge in [-0.2, -0.15) is 17.6 Å². The first kappa shape index (κ1) is 14.6. The van der Waals surface area contributed by atoms with Gasteiger partial charge in [-0.1, -0.05) is 59.7 Å². The molecule has 0 unspecified atom stereocenters. The zero-order valence-electron chi connectivity index (χ0n) is 11.1. The van der Waals surface area contributed by atoms with Crippen molar-refractivity contribution in [2.24, 2.45) is 0 Å². The third kappa shape index (κ3) is 2.42. The first-order valence-corrected chi connectivity index (χ1v) is 6.15. The van der Waals surface area contributed by atoms with Crippen LogP contribution in [-0.4, -0.2) is 0 Å². The van der Waals surface area contributed by atoms with E-state index in [1.165, 1.54) is 24.3 Å². The highest BCUT2D eigenvalue weighted by atomic mass is 19.3. The minimum absolute atomic E-state index is 0.686. The number of halogens is 4. The van der Waals surface area contributed by atoms with Gasteiger partial charge in [0.1, 0.15) is 0 Å². The zero-order chi connectivity index (χ0) is 15.0. The van der Waals surface area contributed by atoms with Gasteiger partial charge < -0.3 is 0 Å². The predicted octanol–water partition coefficient (Wildman–Crippen LogP) is 5.19. The predicted molar refractivity (Wildman–Crippen MR) is 70.1 cm³/mol. The molecule has 0 heterocycles. The van der Waals surface area contributed by atoms with Crippen LogP contribution in [0.3, 0.4) is 0 Å². The molecule has 0 N–H and O–H groups in total. The lowest BCUT2D eigenvalue weighted by molar-refractivity contribution is -0.223. The standard InChI is InChI=1S/C16H14F4/c1-11-3-7-13(8-4-11)15(17,18)16(19,20)14-9-5-12(2)6-10-14/h3-10H,1-2H3. The highest BCUT2D eigenvalue weighted by Crippen LogP contribution is 2.49. The molecule has 4 heteroatoms. The number of rotatable bonds is 3. The third-order valence-corrected chi connectivity index (χ3v) is 3.22. The fourth-order valence-corrected chi connectivity index (χ4v) is 1.89. The van der Waals surface area contributed by atoms with E-state index in [1.807, 2.05) is 0 Å². The molecule has 0 amide bonds. The van der Waals surface area contributed by atoms with Crippen LogP contribution in [0.2, 0.25) is 0 Å². The first-order chi connectivity index (χ1) is 9.25. The lowest BCUT2D eigenvalue weighted by atomic mass is 9.95. The Morgan fingerprint density at radius 1 is 0.550 bits per heavy atom. The van der Waals surface area contributed by atoms with Crippen molar-refractivity contribution in [2.45, 2.75) is 25.7 Å². The highest BCUT2D eigenvalue weighted by Gasteiger charge is 2.58. The van der Waals surface area contributed by atoms with Gasteiger partial charge in [-0.3, -0.25) is 0 Å². The van der Waals surface area contributed by atoms with Crippen LogP contribution in [0.15, 0.2) is 48.5 Å². The maximum atomic E-state index is 14.1. The van der Waals surface area contributed by atoms with Crippen LogP contribution in [0.25, 0.3) is 0 Å².